The zero-order valence-electron chi connectivity index (χ0n) is 5.85. The lowest BCUT2D eigenvalue weighted by molar-refractivity contribution is 0.465. The van der Waals surface area contributed by atoms with Gasteiger partial charge in [-0.3, -0.25) is 5.14 Å². The van der Waals surface area contributed by atoms with Crippen LogP contribution in [0.15, 0.2) is 0 Å². The van der Waals surface area contributed by atoms with Crippen LogP contribution < -0.4 is 5.14 Å². The summed E-state index contributed by atoms with van der Waals surface area (Å²) in [5.41, 5.74) is 0. The van der Waals surface area contributed by atoms with Crippen molar-refractivity contribution in [2.75, 3.05) is 5.75 Å². The molecule has 2 heteroatoms. The van der Waals surface area contributed by atoms with E-state index >= 15 is 0 Å². The van der Waals surface area contributed by atoms with Gasteiger partial charge in [0.15, 0.2) is 0 Å². The van der Waals surface area contributed by atoms with Gasteiger partial charge in [0, 0.05) is 5.75 Å². The van der Waals surface area contributed by atoms with E-state index in [1.807, 2.05) is 0 Å². The molecule has 0 aliphatic carbocycles. The number of nitrogens with two attached hydrogens (primary N) is 1. The maximum absolute atomic E-state index is 5.28. The average Bonchev–Trinajstić information content (AvgIpc) is 1.67. The van der Waals surface area contributed by atoms with Crippen LogP contribution >= 0.6 is 11.9 Å². The van der Waals surface area contributed by atoms with Crippen LogP contribution in [0.5, 0.6) is 0 Å². The predicted octanol–water partition coefficient (Wildman–Crippen LogP) is 1.89. The maximum Gasteiger partial charge on any atom is 0.0105 e. The third-order valence-electron chi connectivity index (χ3n) is 1.50. The molecule has 0 unspecified atom stereocenters. The average molecular weight is 133 g/mol. The summed E-state index contributed by atoms with van der Waals surface area (Å²) in [5, 5.41) is 5.28. The van der Waals surface area contributed by atoms with E-state index in [2.05, 4.69) is 20.8 Å². The Kier molecular flexibility index (Phi) is 4.38. The Morgan fingerprint density at radius 3 is 2.00 bits per heavy atom. The molecule has 0 fully saturated rings. The van der Waals surface area contributed by atoms with Crippen LogP contribution in [-0.4, -0.2) is 5.75 Å². The van der Waals surface area contributed by atoms with Gasteiger partial charge < -0.3 is 0 Å². The topological polar surface area (TPSA) is 26.0 Å². The lowest BCUT2D eigenvalue weighted by Gasteiger charge is -2.12. The molecule has 0 rings (SSSR count). The van der Waals surface area contributed by atoms with Crippen molar-refractivity contribution in [3.8, 4) is 0 Å². The highest BCUT2D eigenvalue weighted by molar-refractivity contribution is 7.97. The monoisotopic (exact) mass is 133 g/mol. The molecule has 1 atom stereocenters. The Hall–Kier alpha value is 0.310. The fraction of sp³-hybridized carbons (Fsp3) is 1.00. The first-order valence-corrected chi connectivity index (χ1v) is 4.05. The molecule has 8 heavy (non-hydrogen) atoms. The molecule has 0 aromatic heterocycles. The van der Waals surface area contributed by atoms with Crippen molar-refractivity contribution in [1.82, 2.24) is 0 Å². The predicted molar refractivity (Wildman–Crippen MR) is 40.6 cm³/mol. The molecule has 2 N–H and O–H groups in total. The van der Waals surface area contributed by atoms with Gasteiger partial charge in [0.25, 0.3) is 0 Å². The van der Waals surface area contributed by atoms with E-state index in [0.717, 1.165) is 17.6 Å². The summed E-state index contributed by atoms with van der Waals surface area (Å²) in [6, 6.07) is 0. The van der Waals surface area contributed by atoms with Gasteiger partial charge >= 0.3 is 0 Å². The van der Waals surface area contributed by atoms with Crippen molar-refractivity contribution in [2.45, 2.75) is 20.8 Å². The SMILES string of the molecule is CC(C)[C@@H](C)CSN. The maximum atomic E-state index is 5.28. The Bertz CT molecular complexity index is 54.5. The minimum Gasteiger partial charge on any atom is -0.278 e. The molecule has 0 amide bonds. The van der Waals surface area contributed by atoms with E-state index in [4.69, 9.17) is 5.14 Å². The summed E-state index contributed by atoms with van der Waals surface area (Å²) in [4.78, 5) is 0. The second-order valence-corrected chi connectivity index (χ2v) is 3.22. The smallest absolute Gasteiger partial charge is 0.0105 e. The van der Waals surface area contributed by atoms with Crippen molar-refractivity contribution < 1.29 is 0 Å². The Balaban J connectivity index is 3.17. The van der Waals surface area contributed by atoms with Crippen molar-refractivity contribution in [2.24, 2.45) is 17.0 Å². The molecule has 50 valence electrons. The van der Waals surface area contributed by atoms with Gasteiger partial charge in [-0.1, -0.05) is 32.7 Å². The molecule has 0 aromatic carbocycles. The standard InChI is InChI=1S/C6H15NS/c1-5(2)6(3)4-8-7/h5-6H,4,7H2,1-3H3/t6-/m0/s1. The molecular formula is C6H15NS. The first-order valence-electron chi connectivity index (χ1n) is 3.00. The summed E-state index contributed by atoms with van der Waals surface area (Å²) >= 11 is 1.44. The molecule has 0 aliphatic heterocycles. The fourth-order valence-electron chi connectivity index (χ4n) is 0.344. The molecule has 1 nitrogen and oxygen atoms in total. The van der Waals surface area contributed by atoms with E-state index in [-0.39, 0.29) is 0 Å². The van der Waals surface area contributed by atoms with Gasteiger partial charge in [0.05, 0.1) is 0 Å². The van der Waals surface area contributed by atoms with Crippen LogP contribution in [0.25, 0.3) is 0 Å². The molecule has 0 bridgehead atoms. The van der Waals surface area contributed by atoms with E-state index in [9.17, 15) is 0 Å². The summed E-state index contributed by atoms with van der Waals surface area (Å²) in [6.07, 6.45) is 0. The minimum atomic E-state index is 0.755. The highest BCUT2D eigenvalue weighted by Gasteiger charge is 2.04. The number of hydrogen-bond acceptors (Lipinski definition) is 2. The second-order valence-electron chi connectivity index (χ2n) is 2.55. The van der Waals surface area contributed by atoms with E-state index < -0.39 is 0 Å². The molecule has 0 spiro atoms. The van der Waals surface area contributed by atoms with Crippen molar-refractivity contribution in [3.05, 3.63) is 0 Å². The Morgan fingerprint density at radius 1 is 1.38 bits per heavy atom. The molecule has 0 radical (unpaired) electrons. The Morgan fingerprint density at radius 2 is 1.88 bits per heavy atom. The van der Waals surface area contributed by atoms with Crippen LogP contribution in [0.2, 0.25) is 0 Å². The van der Waals surface area contributed by atoms with Crippen LogP contribution in [0.1, 0.15) is 20.8 Å². The molecule has 0 saturated carbocycles. The van der Waals surface area contributed by atoms with Gasteiger partial charge in [-0.2, -0.15) is 0 Å². The molecule has 0 aliphatic rings. The molecule has 0 heterocycles. The summed E-state index contributed by atoms with van der Waals surface area (Å²) in [6.45, 7) is 6.67. The van der Waals surface area contributed by atoms with Crippen LogP contribution in [0, 0.1) is 11.8 Å². The first-order chi connectivity index (χ1) is 3.68. The van der Waals surface area contributed by atoms with Crippen molar-refractivity contribution in [3.63, 3.8) is 0 Å². The van der Waals surface area contributed by atoms with Crippen LogP contribution in [0.3, 0.4) is 0 Å². The quantitative estimate of drug-likeness (QED) is 0.595. The number of rotatable bonds is 3. The third-order valence-corrected chi connectivity index (χ3v) is 2.22. The summed E-state index contributed by atoms with van der Waals surface area (Å²) < 4.78 is 0. The van der Waals surface area contributed by atoms with E-state index in [0.29, 0.717) is 0 Å². The molecule has 0 aromatic rings. The van der Waals surface area contributed by atoms with Gasteiger partial charge in [0.1, 0.15) is 0 Å². The lowest BCUT2D eigenvalue weighted by Crippen LogP contribution is -2.07. The first kappa shape index (κ1) is 8.31. The summed E-state index contributed by atoms with van der Waals surface area (Å²) in [5.74, 6) is 2.61. The van der Waals surface area contributed by atoms with Crippen LogP contribution in [-0.2, 0) is 0 Å². The Labute approximate surface area is 56.2 Å². The highest BCUT2D eigenvalue weighted by Crippen LogP contribution is 2.12. The van der Waals surface area contributed by atoms with Crippen molar-refractivity contribution in [1.29, 1.82) is 0 Å². The van der Waals surface area contributed by atoms with Crippen molar-refractivity contribution >= 4 is 11.9 Å². The zero-order valence-corrected chi connectivity index (χ0v) is 6.66. The van der Waals surface area contributed by atoms with E-state index in [1.165, 1.54) is 11.9 Å². The van der Waals surface area contributed by atoms with Crippen LogP contribution in [0.4, 0.5) is 0 Å². The minimum absolute atomic E-state index is 0.755. The molecular weight excluding hydrogens is 118 g/mol. The highest BCUT2D eigenvalue weighted by atomic mass is 32.2. The molecule has 0 saturated heterocycles. The van der Waals surface area contributed by atoms with Gasteiger partial charge in [-0.15, -0.1) is 0 Å². The van der Waals surface area contributed by atoms with Gasteiger partial charge in [0.2, 0.25) is 0 Å². The van der Waals surface area contributed by atoms with Gasteiger partial charge in [-0.05, 0) is 11.8 Å². The second kappa shape index (κ2) is 4.21. The lowest BCUT2D eigenvalue weighted by atomic mass is 10.0. The van der Waals surface area contributed by atoms with E-state index in [1.54, 1.807) is 0 Å². The summed E-state index contributed by atoms with van der Waals surface area (Å²) in [7, 11) is 0. The normalized spacial score (nSPS) is 14.6. The largest absolute Gasteiger partial charge is 0.278 e. The fourth-order valence-corrected chi connectivity index (χ4v) is 1.03. The zero-order chi connectivity index (χ0) is 6.57. The van der Waals surface area contributed by atoms with Gasteiger partial charge in [-0.25, -0.2) is 0 Å². The third kappa shape index (κ3) is 3.33. The number of hydrogen-bond donors (Lipinski definition) is 1.